The van der Waals surface area contributed by atoms with Crippen molar-refractivity contribution in [1.82, 2.24) is 24.9 Å². The molecule has 8 nitrogen and oxygen atoms in total. The summed E-state index contributed by atoms with van der Waals surface area (Å²) in [5.41, 5.74) is 1.53. The van der Waals surface area contributed by atoms with Gasteiger partial charge in [0.05, 0.1) is 6.54 Å². The summed E-state index contributed by atoms with van der Waals surface area (Å²) in [7, 11) is 0. The fourth-order valence-electron chi connectivity index (χ4n) is 2.07. The molecule has 0 unspecified atom stereocenters. The molecule has 1 aromatic carbocycles. The van der Waals surface area contributed by atoms with Crippen molar-refractivity contribution in [2.75, 3.05) is 5.32 Å². The van der Waals surface area contributed by atoms with Gasteiger partial charge in [-0.15, -0.1) is 0 Å². The van der Waals surface area contributed by atoms with Crippen LogP contribution in [0.1, 0.15) is 32.0 Å². The molecule has 0 fully saturated rings. The molecule has 0 aliphatic carbocycles. The number of nitrogens with one attached hydrogen (secondary N) is 1. The molecule has 1 N–H and O–H groups in total. The first-order valence-corrected chi connectivity index (χ1v) is 7.68. The largest absolute Gasteiger partial charge is 0.334 e. The SMILES string of the molecule is CC(C)c1noc(-c2ccc(NC(=O)CCn3cncn3)cc2)n1. The lowest BCUT2D eigenvalue weighted by Crippen LogP contribution is -2.14. The quantitative estimate of drug-likeness (QED) is 0.747. The first-order valence-electron chi connectivity index (χ1n) is 7.68. The number of carbonyl (C=O) groups is 1. The van der Waals surface area contributed by atoms with Crippen LogP contribution >= 0.6 is 0 Å². The van der Waals surface area contributed by atoms with Crippen LogP contribution in [-0.2, 0) is 11.3 Å². The van der Waals surface area contributed by atoms with Gasteiger partial charge in [-0.3, -0.25) is 9.48 Å². The molecule has 124 valence electrons. The van der Waals surface area contributed by atoms with Crippen molar-refractivity contribution in [1.29, 1.82) is 0 Å². The summed E-state index contributed by atoms with van der Waals surface area (Å²) >= 11 is 0. The zero-order valence-corrected chi connectivity index (χ0v) is 13.5. The standard InChI is InChI=1S/C16H18N6O2/c1-11(2)15-20-16(24-21-15)12-3-5-13(6-4-12)19-14(23)7-8-22-10-17-9-18-22/h3-6,9-11H,7-8H2,1-2H3,(H,19,23). The van der Waals surface area contributed by atoms with E-state index in [2.05, 4.69) is 25.5 Å². The molecule has 0 aliphatic heterocycles. The molecule has 0 atom stereocenters. The number of nitrogens with zero attached hydrogens (tertiary/aromatic N) is 5. The lowest BCUT2D eigenvalue weighted by atomic mass is 10.2. The monoisotopic (exact) mass is 326 g/mol. The Bertz CT molecular complexity index is 792. The van der Waals surface area contributed by atoms with E-state index in [1.165, 1.54) is 6.33 Å². The third-order valence-corrected chi connectivity index (χ3v) is 3.41. The molecule has 2 heterocycles. The minimum absolute atomic E-state index is 0.0851. The van der Waals surface area contributed by atoms with Crippen molar-refractivity contribution >= 4 is 11.6 Å². The van der Waals surface area contributed by atoms with E-state index < -0.39 is 0 Å². The number of hydrogen-bond acceptors (Lipinski definition) is 6. The number of rotatable bonds is 6. The summed E-state index contributed by atoms with van der Waals surface area (Å²) in [5.74, 6) is 1.28. The topological polar surface area (TPSA) is 98.7 Å². The Morgan fingerprint density at radius 1 is 1.29 bits per heavy atom. The van der Waals surface area contributed by atoms with E-state index in [1.54, 1.807) is 11.0 Å². The van der Waals surface area contributed by atoms with Gasteiger partial charge in [-0.25, -0.2) is 4.98 Å². The zero-order valence-electron chi connectivity index (χ0n) is 13.5. The maximum absolute atomic E-state index is 11.9. The van der Waals surface area contributed by atoms with Gasteiger partial charge in [-0.2, -0.15) is 10.1 Å². The molecular weight excluding hydrogens is 308 g/mol. The summed E-state index contributed by atoms with van der Waals surface area (Å²) in [6.45, 7) is 4.50. The Balaban J connectivity index is 1.58. The van der Waals surface area contributed by atoms with Crippen LogP contribution in [-0.4, -0.2) is 30.8 Å². The number of hydrogen-bond donors (Lipinski definition) is 1. The van der Waals surface area contributed by atoms with Gasteiger partial charge < -0.3 is 9.84 Å². The van der Waals surface area contributed by atoms with Gasteiger partial charge >= 0.3 is 0 Å². The Labute approximate surface area is 138 Å². The van der Waals surface area contributed by atoms with Crippen LogP contribution in [0.25, 0.3) is 11.5 Å². The molecular formula is C16H18N6O2. The Hall–Kier alpha value is -3.03. The van der Waals surface area contributed by atoms with Crippen molar-refractivity contribution < 1.29 is 9.32 Å². The molecule has 1 amide bonds. The highest BCUT2D eigenvalue weighted by atomic mass is 16.5. The van der Waals surface area contributed by atoms with Gasteiger partial charge in [-0.1, -0.05) is 19.0 Å². The van der Waals surface area contributed by atoms with E-state index in [1.807, 2.05) is 38.1 Å². The van der Waals surface area contributed by atoms with Crippen molar-refractivity contribution in [3.05, 3.63) is 42.7 Å². The highest BCUT2D eigenvalue weighted by Crippen LogP contribution is 2.21. The Morgan fingerprint density at radius 2 is 2.08 bits per heavy atom. The second-order valence-corrected chi connectivity index (χ2v) is 5.65. The van der Waals surface area contributed by atoms with E-state index in [0.717, 1.165) is 5.56 Å². The second-order valence-electron chi connectivity index (χ2n) is 5.65. The number of anilines is 1. The number of benzene rings is 1. The van der Waals surface area contributed by atoms with E-state index in [4.69, 9.17) is 4.52 Å². The zero-order chi connectivity index (χ0) is 16.9. The lowest BCUT2D eigenvalue weighted by molar-refractivity contribution is -0.116. The molecule has 3 rings (SSSR count). The Morgan fingerprint density at radius 3 is 2.71 bits per heavy atom. The fraction of sp³-hybridized carbons (Fsp3) is 0.312. The predicted molar refractivity (Wildman–Crippen MR) is 87.1 cm³/mol. The number of aromatic nitrogens is 5. The van der Waals surface area contributed by atoms with Crippen LogP contribution in [0.4, 0.5) is 5.69 Å². The van der Waals surface area contributed by atoms with E-state index in [0.29, 0.717) is 30.4 Å². The van der Waals surface area contributed by atoms with E-state index >= 15 is 0 Å². The third kappa shape index (κ3) is 3.83. The van der Waals surface area contributed by atoms with Crippen LogP contribution in [0.15, 0.2) is 41.4 Å². The van der Waals surface area contributed by atoms with Crippen molar-refractivity contribution in [2.24, 2.45) is 0 Å². The van der Waals surface area contributed by atoms with Gasteiger partial charge in [0, 0.05) is 23.6 Å². The molecule has 0 saturated heterocycles. The number of aryl methyl sites for hydroxylation is 1. The summed E-state index contributed by atoms with van der Waals surface area (Å²) < 4.78 is 6.86. The summed E-state index contributed by atoms with van der Waals surface area (Å²) in [5, 5.41) is 10.7. The molecule has 24 heavy (non-hydrogen) atoms. The molecule has 0 saturated carbocycles. The normalized spacial score (nSPS) is 11.0. The van der Waals surface area contributed by atoms with Gasteiger partial charge in [0.15, 0.2) is 5.82 Å². The van der Waals surface area contributed by atoms with Crippen LogP contribution in [0.3, 0.4) is 0 Å². The molecule has 2 aromatic heterocycles. The van der Waals surface area contributed by atoms with Gasteiger partial charge in [0.1, 0.15) is 12.7 Å². The Kier molecular flexibility index (Phi) is 4.64. The van der Waals surface area contributed by atoms with E-state index in [9.17, 15) is 4.79 Å². The fourth-order valence-corrected chi connectivity index (χ4v) is 2.07. The smallest absolute Gasteiger partial charge is 0.257 e. The van der Waals surface area contributed by atoms with Crippen LogP contribution < -0.4 is 5.32 Å². The minimum atomic E-state index is -0.0851. The molecule has 3 aromatic rings. The van der Waals surface area contributed by atoms with Crippen molar-refractivity contribution in [2.45, 2.75) is 32.7 Å². The summed E-state index contributed by atoms with van der Waals surface area (Å²) in [6.07, 6.45) is 3.35. The molecule has 0 bridgehead atoms. The highest BCUT2D eigenvalue weighted by Gasteiger charge is 2.11. The first-order chi connectivity index (χ1) is 11.6. The summed E-state index contributed by atoms with van der Waals surface area (Å²) in [4.78, 5) is 20.1. The molecule has 0 aliphatic rings. The van der Waals surface area contributed by atoms with Gasteiger partial charge in [0.2, 0.25) is 5.91 Å². The maximum Gasteiger partial charge on any atom is 0.257 e. The van der Waals surface area contributed by atoms with Crippen LogP contribution in [0, 0.1) is 0 Å². The molecule has 0 radical (unpaired) electrons. The molecule has 8 heteroatoms. The number of carbonyl (C=O) groups excluding carboxylic acids is 1. The first kappa shape index (κ1) is 15.9. The van der Waals surface area contributed by atoms with E-state index in [-0.39, 0.29) is 11.8 Å². The predicted octanol–water partition coefficient (Wildman–Crippen LogP) is 2.48. The minimum Gasteiger partial charge on any atom is -0.334 e. The van der Waals surface area contributed by atoms with Crippen LogP contribution in [0.5, 0.6) is 0 Å². The average Bonchev–Trinajstić information content (AvgIpc) is 3.25. The van der Waals surface area contributed by atoms with Crippen molar-refractivity contribution in [3.63, 3.8) is 0 Å². The van der Waals surface area contributed by atoms with Crippen molar-refractivity contribution in [3.8, 4) is 11.5 Å². The summed E-state index contributed by atoms with van der Waals surface area (Å²) in [6, 6.07) is 7.29. The number of amides is 1. The lowest BCUT2D eigenvalue weighted by Gasteiger charge is -2.05. The van der Waals surface area contributed by atoms with Gasteiger partial charge in [0.25, 0.3) is 5.89 Å². The average molecular weight is 326 g/mol. The molecule has 0 spiro atoms. The van der Waals surface area contributed by atoms with Gasteiger partial charge in [-0.05, 0) is 24.3 Å². The highest BCUT2D eigenvalue weighted by molar-refractivity contribution is 5.90. The third-order valence-electron chi connectivity index (χ3n) is 3.41. The second kappa shape index (κ2) is 7.03. The van der Waals surface area contributed by atoms with Crippen LogP contribution in [0.2, 0.25) is 0 Å². The maximum atomic E-state index is 11.9.